The Hall–Kier alpha value is -1.51. The molecule has 0 unspecified atom stereocenters. The lowest BCUT2D eigenvalue weighted by molar-refractivity contribution is -0.142. The van der Waals surface area contributed by atoms with Crippen LogP contribution in [0.2, 0.25) is 10.0 Å². The lowest BCUT2D eigenvalue weighted by atomic mass is 10.1. The highest BCUT2D eigenvalue weighted by molar-refractivity contribution is 14.1. The van der Waals surface area contributed by atoms with Gasteiger partial charge >= 0.3 is 0 Å². The highest BCUT2D eigenvalue weighted by Crippen LogP contribution is 2.26. The molecule has 0 heterocycles. The first-order valence-electron chi connectivity index (χ1n) is 9.64. The SMILES string of the molecule is CC[C@H](C)NC(=O)[C@@H](C)N(Cc1c(Cl)cccc1Cl)C(=O)COc1ccc(I)cc1. The molecular weight excluding hydrogens is 538 g/mol. The lowest BCUT2D eigenvalue weighted by Gasteiger charge is -2.30. The van der Waals surface area contributed by atoms with Crippen LogP contribution in [-0.4, -0.2) is 35.4 Å². The van der Waals surface area contributed by atoms with E-state index in [1.807, 2.05) is 26.0 Å². The zero-order chi connectivity index (χ0) is 22.3. The molecule has 0 saturated carbocycles. The van der Waals surface area contributed by atoms with Crippen LogP contribution >= 0.6 is 45.8 Å². The van der Waals surface area contributed by atoms with E-state index in [0.29, 0.717) is 21.4 Å². The van der Waals surface area contributed by atoms with Gasteiger partial charge in [-0.05, 0) is 79.3 Å². The molecule has 0 fully saturated rings. The van der Waals surface area contributed by atoms with E-state index in [4.69, 9.17) is 27.9 Å². The van der Waals surface area contributed by atoms with Crippen molar-refractivity contribution in [1.29, 1.82) is 0 Å². The van der Waals surface area contributed by atoms with Crippen LogP contribution in [0.3, 0.4) is 0 Å². The highest BCUT2D eigenvalue weighted by Gasteiger charge is 2.28. The summed E-state index contributed by atoms with van der Waals surface area (Å²) >= 11 is 14.8. The summed E-state index contributed by atoms with van der Waals surface area (Å²) in [5.74, 6) is 0.00248. The van der Waals surface area contributed by atoms with Gasteiger partial charge in [0.2, 0.25) is 5.91 Å². The van der Waals surface area contributed by atoms with Gasteiger partial charge in [0.25, 0.3) is 5.91 Å². The summed E-state index contributed by atoms with van der Waals surface area (Å²) < 4.78 is 6.71. The summed E-state index contributed by atoms with van der Waals surface area (Å²) in [7, 11) is 0. The molecule has 0 spiro atoms. The average Bonchev–Trinajstić information content (AvgIpc) is 2.72. The number of carbonyl (C=O) groups is 2. The molecule has 0 bridgehead atoms. The zero-order valence-corrected chi connectivity index (χ0v) is 20.8. The predicted octanol–water partition coefficient (Wildman–Crippen LogP) is 5.31. The van der Waals surface area contributed by atoms with Crippen molar-refractivity contribution in [1.82, 2.24) is 10.2 Å². The molecule has 0 aromatic heterocycles. The van der Waals surface area contributed by atoms with Gasteiger partial charge in [-0.15, -0.1) is 0 Å². The Morgan fingerprint density at radius 2 is 1.70 bits per heavy atom. The summed E-state index contributed by atoms with van der Waals surface area (Å²) in [5, 5.41) is 3.80. The van der Waals surface area contributed by atoms with Crippen LogP contribution in [0.4, 0.5) is 0 Å². The monoisotopic (exact) mass is 562 g/mol. The molecule has 0 aliphatic carbocycles. The Bertz CT molecular complexity index is 857. The third-order valence-corrected chi connectivity index (χ3v) is 6.16. The van der Waals surface area contributed by atoms with E-state index in [1.165, 1.54) is 4.90 Å². The van der Waals surface area contributed by atoms with Crippen molar-refractivity contribution in [2.75, 3.05) is 6.61 Å². The summed E-state index contributed by atoms with van der Waals surface area (Å²) in [6, 6.07) is 11.8. The van der Waals surface area contributed by atoms with Crippen molar-refractivity contribution >= 4 is 57.6 Å². The fourth-order valence-electron chi connectivity index (χ4n) is 2.66. The van der Waals surface area contributed by atoms with Crippen LogP contribution in [0.25, 0.3) is 0 Å². The molecule has 1 N–H and O–H groups in total. The number of ether oxygens (including phenoxy) is 1. The summed E-state index contributed by atoms with van der Waals surface area (Å²) in [6.07, 6.45) is 0.790. The molecule has 5 nitrogen and oxygen atoms in total. The molecule has 0 radical (unpaired) electrons. The maximum atomic E-state index is 13.0. The van der Waals surface area contributed by atoms with E-state index in [9.17, 15) is 9.59 Å². The van der Waals surface area contributed by atoms with Gasteiger partial charge in [0, 0.05) is 31.8 Å². The van der Waals surface area contributed by atoms with Crippen molar-refractivity contribution < 1.29 is 14.3 Å². The fourth-order valence-corrected chi connectivity index (χ4v) is 3.54. The lowest BCUT2D eigenvalue weighted by Crippen LogP contribution is -2.50. The van der Waals surface area contributed by atoms with Crippen molar-refractivity contribution in [3.8, 4) is 5.75 Å². The van der Waals surface area contributed by atoms with Crippen molar-refractivity contribution in [3.05, 3.63) is 61.6 Å². The molecule has 162 valence electrons. The molecular formula is C22H25Cl2IN2O3. The summed E-state index contributed by atoms with van der Waals surface area (Å²) in [6.45, 7) is 5.48. The van der Waals surface area contributed by atoms with Gasteiger partial charge in [0.05, 0.1) is 0 Å². The van der Waals surface area contributed by atoms with Crippen molar-refractivity contribution in [2.24, 2.45) is 0 Å². The van der Waals surface area contributed by atoms with Gasteiger partial charge in [-0.3, -0.25) is 9.59 Å². The van der Waals surface area contributed by atoms with E-state index in [2.05, 4.69) is 27.9 Å². The number of hydrogen-bond donors (Lipinski definition) is 1. The number of hydrogen-bond acceptors (Lipinski definition) is 3. The summed E-state index contributed by atoms with van der Waals surface area (Å²) in [5.41, 5.74) is 0.589. The topological polar surface area (TPSA) is 58.6 Å². The summed E-state index contributed by atoms with van der Waals surface area (Å²) in [4.78, 5) is 27.2. The molecule has 2 aromatic rings. The quantitative estimate of drug-likeness (QED) is 0.421. The van der Waals surface area contributed by atoms with E-state index < -0.39 is 6.04 Å². The minimum absolute atomic E-state index is 0.00356. The Morgan fingerprint density at radius 3 is 2.27 bits per heavy atom. The largest absolute Gasteiger partial charge is 0.484 e. The molecule has 8 heteroatoms. The van der Waals surface area contributed by atoms with Gasteiger partial charge in [-0.1, -0.05) is 36.2 Å². The normalized spacial score (nSPS) is 12.7. The second kappa shape index (κ2) is 11.8. The van der Waals surface area contributed by atoms with Gasteiger partial charge in [-0.25, -0.2) is 0 Å². The maximum Gasteiger partial charge on any atom is 0.261 e. The third kappa shape index (κ3) is 7.03. The van der Waals surface area contributed by atoms with Crippen LogP contribution in [0, 0.1) is 3.57 Å². The minimum atomic E-state index is -0.723. The van der Waals surface area contributed by atoms with E-state index in [0.717, 1.165) is 9.99 Å². The second-order valence-electron chi connectivity index (χ2n) is 6.96. The molecule has 0 saturated heterocycles. The maximum absolute atomic E-state index is 13.0. The van der Waals surface area contributed by atoms with Crippen LogP contribution < -0.4 is 10.1 Å². The molecule has 2 amide bonds. The van der Waals surface area contributed by atoms with Gasteiger partial charge in [0.15, 0.2) is 6.61 Å². The molecule has 2 atom stereocenters. The van der Waals surface area contributed by atoms with Crippen LogP contribution in [0.15, 0.2) is 42.5 Å². The first-order valence-corrected chi connectivity index (χ1v) is 11.5. The van der Waals surface area contributed by atoms with Gasteiger partial charge < -0.3 is 15.0 Å². The Labute approximate surface area is 201 Å². The molecule has 2 aromatic carbocycles. The number of amides is 2. The fraction of sp³-hybridized carbons (Fsp3) is 0.364. The Kier molecular flexibility index (Phi) is 9.71. The van der Waals surface area contributed by atoms with Gasteiger partial charge in [-0.2, -0.15) is 0 Å². The number of rotatable bonds is 9. The third-order valence-electron chi connectivity index (χ3n) is 4.73. The van der Waals surface area contributed by atoms with Gasteiger partial charge in [0.1, 0.15) is 11.8 Å². The zero-order valence-electron chi connectivity index (χ0n) is 17.1. The smallest absolute Gasteiger partial charge is 0.261 e. The molecule has 30 heavy (non-hydrogen) atoms. The first-order chi connectivity index (χ1) is 14.2. The van der Waals surface area contributed by atoms with E-state index >= 15 is 0 Å². The second-order valence-corrected chi connectivity index (χ2v) is 9.02. The molecule has 0 aliphatic rings. The standard InChI is InChI=1S/C22H25Cl2IN2O3/c1-4-14(2)26-22(29)15(3)27(12-18-19(23)6-5-7-20(18)24)21(28)13-30-17-10-8-16(25)9-11-17/h5-11,14-15H,4,12-13H2,1-3H3,(H,26,29)/t14-,15+/m0/s1. The Morgan fingerprint density at radius 1 is 1.10 bits per heavy atom. The Balaban J connectivity index is 2.21. The number of halogens is 3. The number of nitrogens with zero attached hydrogens (tertiary/aromatic N) is 1. The number of carbonyl (C=O) groups excluding carboxylic acids is 2. The van der Waals surface area contributed by atoms with E-state index in [1.54, 1.807) is 37.3 Å². The van der Waals surface area contributed by atoms with E-state index in [-0.39, 0.29) is 31.0 Å². The predicted molar refractivity (Wildman–Crippen MR) is 129 cm³/mol. The van der Waals surface area contributed by atoms with Crippen LogP contribution in [-0.2, 0) is 16.1 Å². The van der Waals surface area contributed by atoms with Crippen molar-refractivity contribution in [2.45, 2.75) is 45.8 Å². The number of benzene rings is 2. The highest BCUT2D eigenvalue weighted by atomic mass is 127. The molecule has 0 aliphatic heterocycles. The average molecular weight is 563 g/mol. The first kappa shape index (κ1) is 24.8. The van der Waals surface area contributed by atoms with Crippen molar-refractivity contribution in [3.63, 3.8) is 0 Å². The van der Waals surface area contributed by atoms with Crippen LogP contribution in [0.1, 0.15) is 32.8 Å². The molecule has 2 rings (SSSR count). The van der Waals surface area contributed by atoms with Crippen LogP contribution in [0.5, 0.6) is 5.75 Å². The minimum Gasteiger partial charge on any atom is -0.484 e. The number of nitrogens with one attached hydrogen (secondary N) is 1.